The van der Waals surface area contributed by atoms with E-state index in [0.29, 0.717) is 12.3 Å². The van der Waals surface area contributed by atoms with Crippen LogP contribution in [0.25, 0.3) is 0 Å². The molecule has 4 rings (SSSR count). The van der Waals surface area contributed by atoms with Crippen LogP contribution in [0.5, 0.6) is 0 Å². The van der Waals surface area contributed by atoms with Gasteiger partial charge in [-0.3, -0.25) is 4.79 Å². The summed E-state index contributed by atoms with van der Waals surface area (Å²) in [7, 11) is 1.51. The van der Waals surface area contributed by atoms with Gasteiger partial charge in [0.05, 0.1) is 24.7 Å². The van der Waals surface area contributed by atoms with Gasteiger partial charge in [0.2, 0.25) is 0 Å². The summed E-state index contributed by atoms with van der Waals surface area (Å²) in [5, 5.41) is 20.8. The van der Waals surface area contributed by atoms with Crippen molar-refractivity contribution < 1.29 is 19.7 Å². The zero-order valence-electron chi connectivity index (χ0n) is 15.8. The highest BCUT2D eigenvalue weighted by Gasteiger charge is 2.65. The fraction of sp³-hybridized carbons (Fsp3) is 0.857. The Morgan fingerprint density at radius 1 is 1.32 bits per heavy atom. The van der Waals surface area contributed by atoms with Gasteiger partial charge in [0.15, 0.2) is 0 Å². The number of allylic oxidation sites excluding steroid dienone is 2. The lowest BCUT2D eigenvalue weighted by Gasteiger charge is -2.60. The van der Waals surface area contributed by atoms with Gasteiger partial charge < -0.3 is 14.9 Å². The molecule has 4 aliphatic rings. The number of esters is 1. The molecule has 4 aliphatic carbocycles. The van der Waals surface area contributed by atoms with E-state index in [0.717, 1.165) is 44.9 Å². The number of fused-ring (bicyclic) bond motifs is 3. The van der Waals surface area contributed by atoms with E-state index in [1.165, 1.54) is 12.7 Å². The Balaban J connectivity index is 1.75. The van der Waals surface area contributed by atoms with E-state index in [1.54, 1.807) is 0 Å². The van der Waals surface area contributed by atoms with E-state index in [9.17, 15) is 15.0 Å². The maximum atomic E-state index is 12.6. The third kappa shape index (κ3) is 2.10. The lowest BCUT2D eigenvalue weighted by molar-refractivity contribution is -0.165. The van der Waals surface area contributed by atoms with Crippen molar-refractivity contribution in [3.05, 3.63) is 11.6 Å². The van der Waals surface area contributed by atoms with Crippen LogP contribution in [0.3, 0.4) is 0 Å². The maximum absolute atomic E-state index is 12.6. The van der Waals surface area contributed by atoms with Crippen molar-refractivity contribution in [2.45, 2.75) is 70.8 Å². The average Bonchev–Trinajstić information content (AvgIpc) is 2.80. The first-order valence-electron chi connectivity index (χ1n) is 9.87. The minimum atomic E-state index is -0.929. The Bertz CT molecular complexity index is 627. The number of aliphatic hydroxyl groups excluding tert-OH is 1. The molecule has 25 heavy (non-hydrogen) atoms. The molecule has 0 radical (unpaired) electrons. The number of carbonyl (C=O) groups excluding carboxylic acids is 1. The van der Waals surface area contributed by atoms with Crippen molar-refractivity contribution >= 4 is 5.97 Å². The predicted octanol–water partition coefficient (Wildman–Crippen LogP) is 3.22. The van der Waals surface area contributed by atoms with E-state index in [1.807, 2.05) is 0 Å². The summed E-state index contributed by atoms with van der Waals surface area (Å²) in [5.74, 6) is 0.418. The molecule has 0 heterocycles. The SMILES string of the molecule is COC(=O)[C@]1(C)CCC[C@@]2(C)C3=CC[C@@H]4C[C@@]3(CC[C@H]12)C[C@]4(O)CO. The maximum Gasteiger partial charge on any atom is 0.311 e. The summed E-state index contributed by atoms with van der Waals surface area (Å²) in [4.78, 5) is 12.6. The van der Waals surface area contributed by atoms with Gasteiger partial charge in [0.25, 0.3) is 0 Å². The number of hydrogen-bond donors (Lipinski definition) is 2. The molecule has 3 fully saturated rings. The van der Waals surface area contributed by atoms with E-state index in [-0.39, 0.29) is 29.3 Å². The summed E-state index contributed by atoms with van der Waals surface area (Å²) in [6, 6.07) is 0. The van der Waals surface area contributed by atoms with Crippen LogP contribution in [-0.4, -0.2) is 35.5 Å². The molecule has 0 aromatic carbocycles. The molecule has 0 aromatic rings. The zero-order chi connectivity index (χ0) is 18.1. The lowest BCUT2D eigenvalue weighted by Crippen LogP contribution is -2.54. The van der Waals surface area contributed by atoms with Gasteiger partial charge in [-0.2, -0.15) is 0 Å². The fourth-order valence-corrected chi connectivity index (χ4v) is 7.53. The topological polar surface area (TPSA) is 66.8 Å². The van der Waals surface area contributed by atoms with Gasteiger partial charge in [-0.15, -0.1) is 0 Å². The molecule has 4 nitrogen and oxygen atoms in total. The van der Waals surface area contributed by atoms with Crippen LogP contribution in [0.4, 0.5) is 0 Å². The number of aliphatic hydroxyl groups is 2. The highest BCUT2D eigenvalue weighted by Crippen LogP contribution is 2.71. The molecule has 3 saturated carbocycles. The Hall–Kier alpha value is -0.870. The molecular formula is C21H32O4. The van der Waals surface area contributed by atoms with E-state index in [4.69, 9.17) is 4.74 Å². The number of ether oxygens (including phenoxy) is 1. The Morgan fingerprint density at radius 3 is 2.76 bits per heavy atom. The van der Waals surface area contributed by atoms with Gasteiger partial charge in [-0.1, -0.05) is 25.0 Å². The van der Waals surface area contributed by atoms with Crippen molar-refractivity contribution in [3.8, 4) is 0 Å². The molecule has 6 atom stereocenters. The van der Waals surface area contributed by atoms with Crippen LogP contribution in [0, 0.1) is 28.1 Å². The number of rotatable bonds is 2. The first-order chi connectivity index (χ1) is 11.7. The first kappa shape index (κ1) is 17.5. The molecule has 0 saturated heterocycles. The fourth-order valence-electron chi connectivity index (χ4n) is 7.53. The normalized spacial score (nSPS) is 51.3. The molecular weight excluding hydrogens is 316 g/mol. The molecule has 0 unspecified atom stereocenters. The second-order valence-corrected chi connectivity index (χ2v) is 9.74. The van der Waals surface area contributed by atoms with Crippen molar-refractivity contribution in [3.63, 3.8) is 0 Å². The lowest BCUT2D eigenvalue weighted by atomic mass is 9.44. The van der Waals surface area contributed by atoms with Crippen molar-refractivity contribution in [2.75, 3.05) is 13.7 Å². The van der Waals surface area contributed by atoms with Crippen LogP contribution in [0.1, 0.15) is 65.2 Å². The van der Waals surface area contributed by atoms with Crippen LogP contribution >= 0.6 is 0 Å². The van der Waals surface area contributed by atoms with Crippen LogP contribution < -0.4 is 0 Å². The zero-order valence-corrected chi connectivity index (χ0v) is 15.8. The molecule has 2 bridgehead atoms. The minimum absolute atomic E-state index is 0.00508. The quantitative estimate of drug-likeness (QED) is 0.594. The van der Waals surface area contributed by atoms with Crippen molar-refractivity contribution in [1.82, 2.24) is 0 Å². The average molecular weight is 348 g/mol. The summed E-state index contributed by atoms with van der Waals surface area (Å²) < 4.78 is 5.20. The summed E-state index contributed by atoms with van der Waals surface area (Å²) >= 11 is 0. The number of carbonyl (C=O) groups is 1. The second kappa shape index (κ2) is 5.32. The number of methoxy groups -OCH3 is 1. The molecule has 4 heteroatoms. The molecule has 1 spiro atoms. The van der Waals surface area contributed by atoms with Crippen LogP contribution in [0.15, 0.2) is 11.6 Å². The number of hydrogen-bond acceptors (Lipinski definition) is 4. The third-order valence-corrected chi connectivity index (χ3v) is 8.60. The van der Waals surface area contributed by atoms with Gasteiger partial charge in [-0.05, 0) is 74.5 Å². The third-order valence-electron chi connectivity index (χ3n) is 8.60. The van der Waals surface area contributed by atoms with Gasteiger partial charge in [-0.25, -0.2) is 0 Å². The predicted molar refractivity (Wildman–Crippen MR) is 94.7 cm³/mol. The second-order valence-electron chi connectivity index (χ2n) is 9.74. The van der Waals surface area contributed by atoms with Gasteiger partial charge in [0.1, 0.15) is 0 Å². The Kier molecular flexibility index (Phi) is 3.73. The summed E-state index contributed by atoms with van der Waals surface area (Å²) in [6.07, 6.45) is 9.99. The van der Waals surface area contributed by atoms with E-state index >= 15 is 0 Å². The van der Waals surface area contributed by atoms with Crippen LogP contribution in [0.2, 0.25) is 0 Å². The molecule has 0 aromatic heterocycles. The highest BCUT2D eigenvalue weighted by molar-refractivity contribution is 5.77. The summed E-state index contributed by atoms with van der Waals surface area (Å²) in [5.41, 5.74) is 0.173. The molecule has 2 N–H and O–H groups in total. The monoisotopic (exact) mass is 348 g/mol. The van der Waals surface area contributed by atoms with Gasteiger partial charge in [0, 0.05) is 0 Å². The van der Waals surface area contributed by atoms with Crippen molar-refractivity contribution in [1.29, 1.82) is 0 Å². The summed E-state index contributed by atoms with van der Waals surface area (Å²) in [6.45, 7) is 4.31. The Labute approximate surface area is 150 Å². The van der Waals surface area contributed by atoms with Crippen molar-refractivity contribution in [2.24, 2.45) is 28.1 Å². The molecule has 0 amide bonds. The van der Waals surface area contributed by atoms with E-state index < -0.39 is 11.0 Å². The standard InChI is InChI=1S/C21H32O4/c1-18-8-4-9-19(2,17(23)25-3)15(18)7-10-20-11-14(5-6-16(18)20)21(24,12-20)13-22/h6,14-15,22,24H,4-5,7-13H2,1-3H3/t14-,15+,18-,19-,20+,21+/m1/s1. The van der Waals surface area contributed by atoms with Gasteiger partial charge >= 0.3 is 5.97 Å². The minimum Gasteiger partial charge on any atom is -0.469 e. The largest absolute Gasteiger partial charge is 0.469 e. The van der Waals surface area contributed by atoms with E-state index in [2.05, 4.69) is 19.9 Å². The Morgan fingerprint density at radius 2 is 2.08 bits per heavy atom. The molecule has 140 valence electrons. The highest BCUT2D eigenvalue weighted by atomic mass is 16.5. The smallest absolute Gasteiger partial charge is 0.311 e. The van der Waals surface area contributed by atoms with Crippen LogP contribution in [-0.2, 0) is 9.53 Å². The molecule has 0 aliphatic heterocycles. The first-order valence-corrected chi connectivity index (χ1v) is 9.87.